The van der Waals surface area contributed by atoms with E-state index in [9.17, 15) is 22.8 Å². The number of benzene rings is 1. The minimum atomic E-state index is -1.33. The molecule has 0 spiro atoms. The highest BCUT2D eigenvalue weighted by molar-refractivity contribution is 5.97. The summed E-state index contributed by atoms with van der Waals surface area (Å²) in [6.07, 6.45) is 0.677. The number of carbonyl (C=O) groups is 2. The molecule has 1 unspecified atom stereocenters. The monoisotopic (exact) mass is 451 g/mol. The van der Waals surface area contributed by atoms with Crippen molar-refractivity contribution in [3.8, 4) is 11.4 Å². The first kappa shape index (κ1) is 23.8. The predicted molar refractivity (Wildman–Crippen MR) is 113 cm³/mol. The molecule has 1 aromatic heterocycles. The van der Waals surface area contributed by atoms with Gasteiger partial charge in [-0.25, -0.2) is 18.2 Å². The molecule has 174 valence electrons. The number of halogens is 3. The summed E-state index contributed by atoms with van der Waals surface area (Å²) in [4.78, 5) is 31.9. The standard InChI is InChI=1S/C22H28F3N5O2/c1-22(2,3)18(21(32)26-4)28-20(31)17-15-11-29(5)7-6-8-30(15)19(27-17)13-9-12(23)10-14(24)16(13)25/h9-10,18H,6-8,11H2,1-5H3,(H,26,32)(H,28,31). The van der Waals surface area contributed by atoms with Crippen molar-refractivity contribution in [1.29, 1.82) is 0 Å². The molecule has 2 N–H and O–H groups in total. The minimum Gasteiger partial charge on any atom is -0.357 e. The van der Waals surface area contributed by atoms with Gasteiger partial charge in [0.25, 0.3) is 5.91 Å². The molecule has 32 heavy (non-hydrogen) atoms. The molecule has 1 aliphatic heterocycles. The van der Waals surface area contributed by atoms with E-state index >= 15 is 0 Å². The van der Waals surface area contributed by atoms with Crippen LogP contribution in [0.25, 0.3) is 11.4 Å². The molecule has 7 nitrogen and oxygen atoms in total. The van der Waals surface area contributed by atoms with Gasteiger partial charge in [-0.2, -0.15) is 0 Å². The van der Waals surface area contributed by atoms with E-state index in [-0.39, 0.29) is 23.0 Å². The Hall–Kier alpha value is -2.88. The summed E-state index contributed by atoms with van der Waals surface area (Å²) in [7, 11) is 3.35. The highest BCUT2D eigenvalue weighted by Crippen LogP contribution is 2.30. The number of nitrogens with zero attached hydrogens (tertiary/aromatic N) is 3. The lowest BCUT2D eigenvalue weighted by Gasteiger charge is -2.29. The van der Waals surface area contributed by atoms with E-state index in [0.29, 0.717) is 37.8 Å². The van der Waals surface area contributed by atoms with Gasteiger partial charge in [0.1, 0.15) is 17.7 Å². The average molecular weight is 451 g/mol. The van der Waals surface area contributed by atoms with Gasteiger partial charge in [-0.15, -0.1) is 0 Å². The number of fused-ring (bicyclic) bond motifs is 1. The van der Waals surface area contributed by atoms with Gasteiger partial charge in [-0.1, -0.05) is 20.8 Å². The highest BCUT2D eigenvalue weighted by atomic mass is 19.2. The topological polar surface area (TPSA) is 79.3 Å². The van der Waals surface area contributed by atoms with E-state index in [2.05, 4.69) is 15.6 Å². The molecule has 1 atom stereocenters. The molecule has 0 radical (unpaired) electrons. The third-order valence-corrected chi connectivity index (χ3v) is 5.51. The van der Waals surface area contributed by atoms with E-state index in [1.165, 1.54) is 7.05 Å². The van der Waals surface area contributed by atoms with Crippen molar-refractivity contribution in [1.82, 2.24) is 25.1 Å². The number of rotatable bonds is 4. The van der Waals surface area contributed by atoms with E-state index in [4.69, 9.17) is 0 Å². The van der Waals surface area contributed by atoms with Crippen molar-refractivity contribution in [2.45, 2.75) is 46.3 Å². The zero-order chi connectivity index (χ0) is 23.8. The van der Waals surface area contributed by atoms with Gasteiger partial charge < -0.3 is 20.1 Å². The number of hydrogen-bond acceptors (Lipinski definition) is 4. The third kappa shape index (κ3) is 4.64. The SMILES string of the molecule is CNC(=O)C(NC(=O)c1nc(-c2cc(F)cc(F)c2F)n2c1CN(C)CCC2)C(C)(C)C. The zero-order valence-corrected chi connectivity index (χ0v) is 18.9. The molecule has 10 heteroatoms. The van der Waals surface area contributed by atoms with Gasteiger partial charge in [-0.05, 0) is 31.5 Å². The van der Waals surface area contributed by atoms with Crippen LogP contribution in [0.1, 0.15) is 43.4 Å². The quantitative estimate of drug-likeness (QED) is 0.701. The van der Waals surface area contributed by atoms with Gasteiger partial charge >= 0.3 is 0 Å². The second-order valence-electron chi connectivity index (χ2n) is 9.11. The molecule has 2 heterocycles. The first-order chi connectivity index (χ1) is 14.9. The smallest absolute Gasteiger partial charge is 0.272 e. The fraction of sp³-hybridized carbons (Fsp3) is 0.500. The average Bonchev–Trinajstić information content (AvgIpc) is 2.93. The summed E-state index contributed by atoms with van der Waals surface area (Å²) in [6, 6.07) is 0.476. The van der Waals surface area contributed by atoms with Crippen molar-refractivity contribution in [2.24, 2.45) is 5.41 Å². The van der Waals surface area contributed by atoms with Crippen LogP contribution in [-0.2, 0) is 17.9 Å². The Labute approximate surface area is 185 Å². The van der Waals surface area contributed by atoms with Crippen molar-refractivity contribution in [3.63, 3.8) is 0 Å². The van der Waals surface area contributed by atoms with Crippen LogP contribution >= 0.6 is 0 Å². The summed E-state index contributed by atoms with van der Waals surface area (Å²) in [5.41, 5.74) is -0.461. The number of hydrogen-bond donors (Lipinski definition) is 2. The number of amides is 2. The normalized spacial score (nSPS) is 15.6. The van der Waals surface area contributed by atoms with Crippen molar-refractivity contribution in [3.05, 3.63) is 41.0 Å². The van der Waals surface area contributed by atoms with Crippen LogP contribution in [0, 0.1) is 22.9 Å². The number of aromatic nitrogens is 2. The van der Waals surface area contributed by atoms with Gasteiger partial charge in [0.15, 0.2) is 17.3 Å². The molecule has 0 saturated carbocycles. The second kappa shape index (κ2) is 8.93. The molecule has 1 aliphatic rings. The Morgan fingerprint density at radius 1 is 1.16 bits per heavy atom. The number of carbonyl (C=O) groups excluding carboxylic acids is 2. The second-order valence-corrected chi connectivity index (χ2v) is 9.11. The highest BCUT2D eigenvalue weighted by Gasteiger charge is 2.35. The van der Waals surface area contributed by atoms with Crippen LogP contribution in [0.15, 0.2) is 12.1 Å². The zero-order valence-electron chi connectivity index (χ0n) is 18.9. The lowest BCUT2D eigenvalue weighted by Crippen LogP contribution is -2.53. The van der Waals surface area contributed by atoms with E-state index < -0.39 is 34.8 Å². The summed E-state index contributed by atoms with van der Waals surface area (Å²) in [6.45, 7) is 6.87. The van der Waals surface area contributed by atoms with Crippen LogP contribution < -0.4 is 10.6 Å². The maximum Gasteiger partial charge on any atom is 0.272 e. The molecular weight excluding hydrogens is 423 g/mol. The number of imidazole rings is 1. The van der Waals surface area contributed by atoms with Crippen LogP contribution in [0.4, 0.5) is 13.2 Å². The first-order valence-electron chi connectivity index (χ1n) is 10.4. The lowest BCUT2D eigenvalue weighted by atomic mass is 9.86. The van der Waals surface area contributed by atoms with Crippen molar-refractivity contribution < 1.29 is 22.8 Å². The summed E-state index contributed by atoms with van der Waals surface area (Å²) in [5.74, 6) is -4.52. The van der Waals surface area contributed by atoms with E-state index in [0.717, 1.165) is 6.07 Å². The van der Waals surface area contributed by atoms with Crippen LogP contribution in [0.2, 0.25) is 0 Å². The molecule has 0 bridgehead atoms. The maximum atomic E-state index is 14.6. The summed E-state index contributed by atoms with van der Waals surface area (Å²) >= 11 is 0. The number of nitrogens with one attached hydrogen (secondary N) is 2. The van der Waals surface area contributed by atoms with Crippen LogP contribution in [0.3, 0.4) is 0 Å². The van der Waals surface area contributed by atoms with Gasteiger partial charge in [-0.3, -0.25) is 9.59 Å². The van der Waals surface area contributed by atoms with Crippen molar-refractivity contribution in [2.75, 3.05) is 20.6 Å². The Morgan fingerprint density at radius 2 is 1.84 bits per heavy atom. The van der Waals surface area contributed by atoms with Crippen molar-refractivity contribution >= 4 is 11.8 Å². The molecule has 0 aliphatic carbocycles. The van der Waals surface area contributed by atoms with E-state index in [1.807, 2.05) is 32.7 Å². The first-order valence-corrected chi connectivity index (χ1v) is 10.4. The van der Waals surface area contributed by atoms with Gasteiger partial charge in [0, 0.05) is 26.2 Å². The Morgan fingerprint density at radius 3 is 2.47 bits per heavy atom. The van der Waals surface area contributed by atoms with E-state index in [1.54, 1.807) is 4.57 Å². The molecular formula is C22H28F3N5O2. The van der Waals surface area contributed by atoms with Crippen LogP contribution in [-0.4, -0.2) is 52.9 Å². The molecule has 1 aromatic carbocycles. The largest absolute Gasteiger partial charge is 0.357 e. The molecule has 3 rings (SSSR count). The molecule has 2 amide bonds. The Balaban J connectivity index is 2.13. The molecule has 2 aromatic rings. The molecule has 0 saturated heterocycles. The Kier molecular flexibility index (Phi) is 6.64. The molecule has 0 fully saturated rings. The van der Waals surface area contributed by atoms with Gasteiger partial charge in [0.2, 0.25) is 5.91 Å². The summed E-state index contributed by atoms with van der Waals surface area (Å²) in [5, 5.41) is 5.26. The Bertz CT molecular complexity index is 1050. The minimum absolute atomic E-state index is 0.00373. The fourth-order valence-corrected chi connectivity index (χ4v) is 3.85. The number of likely N-dealkylation sites (N-methyl/N-ethyl adjacent to an activating group) is 1. The van der Waals surface area contributed by atoms with Gasteiger partial charge in [0.05, 0.1) is 11.3 Å². The van der Waals surface area contributed by atoms with Crippen LogP contribution in [0.5, 0.6) is 0 Å². The predicted octanol–water partition coefficient (Wildman–Crippen LogP) is 2.69. The fourth-order valence-electron chi connectivity index (χ4n) is 3.85. The third-order valence-electron chi connectivity index (χ3n) is 5.51. The summed E-state index contributed by atoms with van der Waals surface area (Å²) < 4.78 is 44.0. The lowest BCUT2D eigenvalue weighted by molar-refractivity contribution is -0.124. The maximum absolute atomic E-state index is 14.6.